The molecule has 0 bridgehead atoms. The molecule has 0 atom stereocenters. The molecule has 1 aromatic carbocycles. The van der Waals surface area contributed by atoms with Crippen LogP contribution in [0.1, 0.15) is 18.4 Å². The molecule has 1 rings (SSSR count). The molecule has 0 aliphatic heterocycles. The number of carbonyl (C=O) groups is 2. The number of nitrogens with zero attached hydrogens (tertiary/aromatic N) is 1. The van der Waals surface area contributed by atoms with Crippen molar-refractivity contribution < 1.29 is 14.3 Å². The Labute approximate surface area is 128 Å². The second kappa shape index (κ2) is 9.90. The average Bonchev–Trinajstić information content (AvgIpc) is 2.43. The van der Waals surface area contributed by atoms with E-state index in [2.05, 4.69) is 15.8 Å². The number of hydrogen-bond acceptors (Lipinski definition) is 4. The molecule has 0 spiro atoms. The summed E-state index contributed by atoms with van der Waals surface area (Å²) >= 11 is 5.82. The summed E-state index contributed by atoms with van der Waals surface area (Å²) in [5.74, 6) is -0.820. The van der Waals surface area contributed by atoms with Gasteiger partial charge in [0.25, 0.3) is 0 Å². The largest absolute Gasteiger partial charge is 0.385 e. The third kappa shape index (κ3) is 8.06. The SMILES string of the molecule is COCCCNC(=O)CC(=O)N/N=C/c1cccc(Cl)c1. The van der Waals surface area contributed by atoms with Gasteiger partial charge >= 0.3 is 0 Å². The molecule has 1 aromatic rings. The van der Waals surface area contributed by atoms with E-state index in [4.69, 9.17) is 16.3 Å². The van der Waals surface area contributed by atoms with Gasteiger partial charge in [0.15, 0.2) is 0 Å². The van der Waals surface area contributed by atoms with Crippen molar-refractivity contribution in [3.8, 4) is 0 Å². The molecule has 114 valence electrons. The molecule has 0 fully saturated rings. The second-order valence-electron chi connectivity index (χ2n) is 4.22. The number of carbonyl (C=O) groups excluding carboxylic acids is 2. The third-order valence-corrected chi connectivity index (χ3v) is 2.66. The Morgan fingerprint density at radius 1 is 1.38 bits per heavy atom. The van der Waals surface area contributed by atoms with Crippen LogP contribution in [0, 0.1) is 0 Å². The van der Waals surface area contributed by atoms with E-state index in [9.17, 15) is 9.59 Å². The number of hydrazone groups is 1. The summed E-state index contributed by atoms with van der Waals surface area (Å²) in [6.45, 7) is 1.04. The quantitative estimate of drug-likeness (QED) is 0.329. The number of nitrogens with one attached hydrogen (secondary N) is 2. The van der Waals surface area contributed by atoms with E-state index in [1.54, 1.807) is 31.4 Å². The lowest BCUT2D eigenvalue weighted by Crippen LogP contribution is -2.30. The van der Waals surface area contributed by atoms with E-state index >= 15 is 0 Å². The van der Waals surface area contributed by atoms with Gasteiger partial charge in [-0.1, -0.05) is 23.7 Å². The third-order valence-electron chi connectivity index (χ3n) is 2.42. The summed E-state index contributed by atoms with van der Waals surface area (Å²) in [6, 6.07) is 7.02. The minimum absolute atomic E-state index is 0.264. The van der Waals surface area contributed by atoms with Crippen LogP contribution in [0.5, 0.6) is 0 Å². The number of hydrogen-bond donors (Lipinski definition) is 2. The molecule has 6 nitrogen and oxygen atoms in total. The Balaban J connectivity index is 2.25. The molecule has 0 aliphatic rings. The molecule has 21 heavy (non-hydrogen) atoms. The standard InChI is InChI=1S/C14H18ClN3O3/c1-21-7-3-6-16-13(19)9-14(20)18-17-10-11-4-2-5-12(15)8-11/h2,4-5,8,10H,3,6-7,9H2,1H3,(H,16,19)(H,18,20)/b17-10+. The summed E-state index contributed by atoms with van der Waals surface area (Å²) in [5.41, 5.74) is 3.04. The highest BCUT2D eigenvalue weighted by atomic mass is 35.5. The van der Waals surface area contributed by atoms with E-state index in [-0.39, 0.29) is 12.3 Å². The van der Waals surface area contributed by atoms with Gasteiger partial charge < -0.3 is 10.1 Å². The summed E-state index contributed by atoms with van der Waals surface area (Å²) in [7, 11) is 1.59. The van der Waals surface area contributed by atoms with Gasteiger partial charge in [-0.2, -0.15) is 5.10 Å². The fourth-order valence-corrected chi connectivity index (χ4v) is 1.66. The van der Waals surface area contributed by atoms with Gasteiger partial charge in [-0.3, -0.25) is 9.59 Å². The van der Waals surface area contributed by atoms with Crippen LogP contribution in [0.25, 0.3) is 0 Å². The van der Waals surface area contributed by atoms with Crippen molar-refractivity contribution in [1.29, 1.82) is 0 Å². The van der Waals surface area contributed by atoms with Crippen LogP contribution in [-0.4, -0.2) is 38.3 Å². The van der Waals surface area contributed by atoms with Crippen LogP contribution in [0.2, 0.25) is 5.02 Å². The van der Waals surface area contributed by atoms with Crippen molar-refractivity contribution in [3.63, 3.8) is 0 Å². The molecular formula is C14H18ClN3O3. The fraction of sp³-hybridized carbons (Fsp3) is 0.357. The Morgan fingerprint density at radius 3 is 2.90 bits per heavy atom. The Morgan fingerprint density at radius 2 is 2.19 bits per heavy atom. The molecule has 0 unspecified atom stereocenters. The van der Waals surface area contributed by atoms with Crippen LogP contribution >= 0.6 is 11.6 Å². The summed E-state index contributed by atoms with van der Waals surface area (Å²) < 4.78 is 4.85. The van der Waals surface area contributed by atoms with Gasteiger partial charge in [-0.05, 0) is 24.1 Å². The lowest BCUT2D eigenvalue weighted by atomic mass is 10.2. The maximum Gasteiger partial charge on any atom is 0.249 e. The van der Waals surface area contributed by atoms with Gasteiger partial charge in [0.05, 0.1) is 6.21 Å². The highest BCUT2D eigenvalue weighted by molar-refractivity contribution is 6.30. The van der Waals surface area contributed by atoms with Crippen molar-refractivity contribution in [2.45, 2.75) is 12.8 Å². The van der Waals surface area contributed by atoms with Gasteiger partial charge in [-0.25, -0.2) is 5.43 Å². The Hall–Kier alpha value is -1.92. The lowest BCUT2D eigenvalue weighted by Gasteiger charge is -2.03. The highest BCUT2D eigenvalue weighted by Crippen LogP contribution is 2.08. The predicted molar refractivity (Wildman–Crippen MR) is 81.3 cm³/mol. The maximum atomic E-state index is 11.5. The molecular weight excluding hydrogens is 294 g/mol. The van der Waals surface area contributed by atoms with Crippen molar-refractivity contribution in [2.75, 3.05) is 20.3 Å². The lowest BCUT2D eigenvalue weighted by molar-refractivity contribution is -0.129. The average molecular weight is 312 g/mol. The minimum Gasteiger partial charge on any atom is -0.385 e. The number of rotatable bonds is 8. The first kappa shape index (κ1) is 17.1. The number of ether oxygens (including phenoxy) is 1. The number of benzene rings is 1. The highest BCUT2D eigenvalue weighted by Gasteiger charge is 2.07. The summed E-state index contributed by atoms with van der Waals surface area (Å²) in [6.07, 6.45) is 1.90. The first-order chi connectivity index (χ1) is 10.1. The van der Waals surface area contributed by atoms with E-state index in [1.165, 1.54) is 6.21 Å². The molecule has 2 amide bonds. The maximum absolute atomic E-state index is 11.5. The van der Waals surface area contributed by atoms with Crippen LogP contribution < -0.4 is 10.7 Å². The molecule has 2 N–H and O–H groups in total. The van der Waals surface area contributed by atoms with E-state index in [1.807, 2.05) is 0 Å². The molecule has 0 saturated heterocycles. The summed E-state index contributed by atoms with van der Waals surface area (Å²) in [4.78, 5) is 22.9. The first-order valence-electron chi connectivity index (χ1n) is 6.45. The molecule has 0 heterocycles. The predicted octanol–water partition coefficient (Wildman–Crippen LogP) is 1.33. The van der Waals surface area contributed by atoms with E-state index in [0.29, 0.717) is 24.6 Å². The van der Waals surface area contributed by atoms with Gasteiger partial charge in [-0.15, -0.1) is 0 Å². The zero-order chi connectivity index (χ0) is 15.5. The normalized spacial score (nSPS) is 10.6. The van der Waals surface area contributed by atoms with Crippen LogP contribution in [0.3, 0.4) is 0 Å². The zero-order valence-corrected chi connectivity index (χ0v) is 12.5. The molecule has 0 saturated carbocycles. The Bertz CT molecular complexity index is 506. The molecule has 0 radical (unpaired) electrons. The number of halogens is 1. The van der Waals surface area contributed by atoms with Crippen molar-refractivity contribution in [2.24, 2.45) is 5.10 Å². The summed E-state index contributed by atoms with van der Waals surface area (Å²) in [5, 5.41) is 6.96. The van der Waals surface area contributed by atoms with Gasteiger partial charge in [0.2, 0.25) is 11.8 Å². The second-order valence-corrected chi connectivity index (χ2v) is 4.66. The minimum atomic E-state index is -0.475. The van der Waals surface area contributed by atoms with Crippen molar-refractivity contribution in [3.05, 3.63) is 34.9 Å². The van der Waals surface area contributed by atoms with Crippen molar-refractivity contribution >= 4 is 29.6 Å². The van der Waals surface area contributed by atoms with Crippen molar-refractivity contribution in [1.82, 2.24) is 10.7 Å². The smallest absolute Gasteiger partial charge is 0.249 e. The van der Waals surface area contributed by atoms with Crippen LogP contribution in [-0.2, 0) is 14.3 Å². The zero-order valence-electron chi connectivity index (χ0n) is 11.8. The van der Waals surface area contributed by atoms with Crippen LogP contribution in [0.15, 0.2) is 29.4 Å². The first-order valence-corrected chi connectivity index (χ1v) is 6.82. The van der Waals surface area contributed by atoms with Gasteiger partial charge in [0.1, 0.15) is 6.42 Å². The topological polar surface area (TPSA) is 79.8 Å². The number of amides is 2. The molecule has 0 aliphatic carbocycles. The number of methoxy groups -OCH3 is 1. The van der Waals surface area contributed by atoms with Crippen LogP contribution in [0.4, 0.5) is 0 Å². The van der Waals surface area contributed by atoms with E-state index in [0.717, 1.165) is 5.56 Å². The van der Waals surface area contributed by atoms with E-state index < -0.39 is 5.91 Å². The molecule has 7 heteroatoms. The molecule has 0 aromatic heterocycles. The monoisotopic (exact) mass is 311 g/mol. The van der Waals surface area contributed by atoms with Gasteiger partial charge in [0, 0.05) is 25.3 Å². The fourth-order valence-electron chi connectivity index (χ4n) is 1.46. The Kier molecular flexibility index (Phi) is 8.08.